The molecule has 0 amide bonds. The molecule has 0 aliphatic carbocycles. The highest BCUT2D eigenvalue weighted by Crippen LogP contribution is 2.24. The molecule has 23 heavy (non-hydrogen) atoms. The molecule has 2 nitrogen and oxygen atoms in total. The van der Waals surface area contributed by atoms with Gasteiger partial charge in [-0.05, 0) is 72.9 Å². The Morgan fingerprint density at radius 2 is 1.00 bits per heavy atom. The van der Waals surface area contributed by atoms with Gasteiger partial charge in [0.1, 0.15) is 0 Å². The summed E-state index contributed by atoms with van der Waals surface area (Å²) in [6, 6.07) is 10.7. The molecule has 0 N–H and O–H groups in total. The largest absolute Gasteiger partial charge is 1.00 e. The molecule has 0 aliphatic rings. The lowest BCUT2D eigenvalue weighted by Crippen LogP contribution is -3.00. The average molecular weight is 349 g/mol. The third-order valence-corrected chi connectivity index (χ3v) is 4.30. The summed E-state index contributed by atoms with van der Waals surface area (Å²) in [5, 5.41) is 0. The van der Waals surface area contributed by atoms with Gasteiger partial charge in [0.2, 0.25) is 0 Å². The molecule has 2 heterocycles. The highest BCUT2D eigenvalue weighted by Gasteiger charge is 2.11. The van der Waals surface area contributed by atoms with Crippen LogP contribution in [0.3, 0.4) is 0 Å². The number of halogens is 2. The minimum Gasteiger partial charge on any atom is -1.00 e. The third kappa shape index (κ3) is 4.21. The van der Waals surface area contributed by atoms with Crippen LogP contribution in [0.25, 0.3) is 0 Å². The van der Waals surface area contributed by atoms with Crippen LogP contribution in [0.5, 0.6) is 0 Å². The first kappa shape index (κ1) is 19.4. The predicted octanol–water partition coefficient (Wildman–Crippen LogP) is -1.68. The van der Waals surface area contributed by atoms with Crippen molar-refractivity contribution in [2.24, 2.45) is 0 Å². The van der Waals surface area contributed by atoms with Crippen molar-refractivity contribution in [3.05, 3.63) is 82.9 Å². The van der Waals surface area contributed by atoms with Crippen molar-refractivity contribution >= 4 is 0 Å². The van der Waals surface area contributed by atoms with Crippen LogP contribution < -0.4 is 24.8 Å². The molecule has 0 fully saturated rings. The zero-order chi connectivity index (χ0) is 14.8. The van der Waals surface area contributed by atoms with Crippen molar-refractivity contribution < 1.29 is 24.8 Å². The fourth-order valence-electron chi connectivity index (χ4n) is 3.08. The first-order chi connectivity index (χ1) is 10.1. The van der Waals surface area contributed by atoms with Crippen molar-refractivity contribution in [3.8, 4) is 0 Å². The second-order valence-electron chi connectivity index (χ2n) is 5.80. The molecule has 0 atom stereocenters. The van der Waals surface area contributed by atoms with Crippen LogP contribution in [0.1, 0.15) is 27.8 Å². The number of benzene rings is 1. The summed E-state index contributed by atoms with van der Waals surface area (Å²) in [6.45, 7) is 8.60. The Bertz CT molecular complexity index is 669. The highest BCUT2D eigenvalue weighted by atomic mass is 35.5. The summed E-state index contributed by atoms with van der Waals surface area (Å²) >= 11 is 0. The number of hydrogen-bond donors (Lipinski definition) is 0. The smallest absolute Gasteiger partial charge is 0.0475 e. The van der Waals surface area contributed by atoms with Gasteiger partial charge in [0.15, 0.2) is 0 Å². The van der Waals surface area contributed by atoms with E-state index in [9.17, 15) is 0 Å². The van der Waals surface area contributed by atoms with Gasteiger partial charge in [-0.2, -0.15) is 0 Å². The highest BCUT2D eigenvalue weighted by molar-refractivity contribution is 5.45. The van der Waals surface area contributed by atoms with Crippen molar-refractivity contribution in [1.82, 2.24) is 9.13 Å². The lowest BCUT2D eigenvalue weighted by Gasteiger charge is -2.18. The number of aryl methyl sites for hydroxylation is 2. The summed E-state index contributed by atoms with van der Waals surface area (Å²) in [4.78, 5) is 0. The molecule has 1 aromatic carbocycles. The SMILES string of the molecule is Cc1cc(C)c(Cn2cccc2)c(C)c1Cn1cccc1.[Cl-].[Cl-]. The van der Waals surface area contributed by atoms with Gasteiger partial charge >= 0.3 is 0 Å². The van der Waals surface area contributed by atoms with Crippen molar-refractivity contribution in [1.29, 1.82) is 0 Å². The molecule has 0 bridgehead atoms. The zero-order valence-electron chi connectivity index (χ0n) is 13.8. The second kappa shape index (κ2) is 8.28. The van der Waals surface area contributed by atoms with E-state index in [1.807, 2.05) is 0 Å². The normalized spacial score (nSPS) is 10.0. The van der Waals surface area contributed by atoms with E-state index in [0.29, 0.717) is 0 Å². The summed E-state index contributed by atoms with van der Waals surface area (Å²) in [5.41, 5.74) is 7.08. The van der Waals surface area contributed by atoms with Crippen LogP contribution >= 0.6 is 0 Å². The van der Waals surface area contributed by atoms with Gasteiger partial charge in [-0.3, -0.25) is 0 Å². The Kier molecular flexibility index (Phi) is 6.99. The van der Waals surface area contributed by atoms with Gasteiger partial charge in [0.25, 0.3) is 0 Å². The molecule has 124 valence electrons. The summed E-state index contributed by atoms with van der Waals surface area (Å²) in [7, 11) is 0. The minimum absolute atomic E-state index is 0. The minimum atomic E-state index is 0. The van der Waals surface area contributed by atoms with E-state index in [2.05, 4.69) is 85.0 Å². The maximum atomic E-state index is 2.32. The van der Waals surface area contributed by atoms with E-state index in [-0.39, 0.29) is 24.8 Å². The molecule has 0 spiro atoms. The van der Waals surface area contributed by atoms with Gasteiger partial charge in [0, 0.05) is 37.9 Å². The zero-order valence-corrected chi connectivity index (χ0v) is 15.3. The molecule has 2 aromatic heterocycles. The van der Waals surface area contributed by atoms with Crippen LogP contribution in [-0.4, -0.2) is 9.13 Å². The average Bonchev–Trinajstić information content (AvgIpc) is 3.13. The Morgan fingerprint density at radius 1 is 0.652 bits per heavy atom. The summed E-state index contributed by atoms with van der Waals surface area (Å²) in [6.07, 6.45) is 8.52. The van der Waals surface area contributed by atoms with Crippen molar-refractivity contribution in [2.75, 3.05) is 0 Å². The molecule has 0 unspecified atom stereocenters. The molecular weight excluding hydrogens is 327 g/mol. The fourth-order valence-corrected chi connectivity index (χ4v) is 3.08. The first-order valence-electron chi connectivity index (χ1n) is 7.45. The molecule has 0 saturated heterocycles. The van der Waals surface area contributed by atoms with E-state index in [4.69, 9.17) is 0 Å². The van der Waals surface area contributed by atoms with E-state index in [1.54, 1.807) is 0 Å². The Balaban J connectivity index is 0.00000132. The predicted molar refractivity (Wildman–Crippen MR) is 87.7 cm³/mol. The lowest BCUT2D eigenvalue weighted by atomic mass is 9.93. The Hall–Kier alpha value is -1.64. The summed E-state index contributed by atoms with van der Waals surface area (Å²) in [5.74, 6) is 0. The molecule has 0 saturated carbocycles. The van der Waals surface area contributed by atoms with Gasteiger partial charge in [-0.1, -0.05) is 6.07 Å². The van der Waals surface area contributed by atoms with E-state index in [1.165, 1.54) is 27.8 Å². The fraction of sp³-hybridized carbons (Fsp3) is 0.263. The van der Waals surface area contributed by atoms with Crippen molar-refractivity contribution in [3.63, 3.8) is 0 Å². The first-order valence-corrected chi connectivity index (χ1v) is 7.45. The van der Waals surface area contributed by atoms with Gasteiger partial charge in [-0.15, -0.1) is 0 Å². The number of aromatic nitrogens is 2. The molecule has 4 heteroatoms. The molecule has 3 rings (SSSR count). The van der Waals surface area contributed by atoms with Crippen molar-refractivity contribution in [2.45, 2.75) is 33.9 Å². The maximum Gasteiger partial charge on any atom is 0.0475 e. The van der Waals surface area contributed by atoms with E-state index < -0.39 is 0 Å². The monoisotopic (exact) mass is 348 g/mol. The van der Waals surface area contributed by atoms with Crippen LogP contribution in [-0.2, 0) is 13.1 Å². The molecule has 0 radical (unpaired) electrons. The van der Waals surface area contributed by atoms with Crippen LogP contribution in [0.15, 0.2) is 55.1 Å². The topological polar surface area (TPSA) is 9.86 Å². The Morgan fingerprint density at radius 3 is 1.35 bits per heavy atom. The van der Waals surface area contributed by atoms with Crippen LogP contribution in [0, 0.1) is 20.8 Å². The Labute approximate surface area is 151 Å². The summed E-state index contributed by atoms with van der Waals surface area (Å²) < 4.78 is 4.48. The van der Waals surface area contributed by atoms with Gasteiger partial charge < -0.3 is 33.9 Å². The number of nitrogens with zero attached hydrogens (tertiary/aromatic N) is 2. The van der Waals surface area contributed by atoms with E-state index >= 15 is 0 Å². The van der Waals surface area contributed by atoms with Crippen LogP contribution in [0.4, 0.5) is 0 Å². The quantitative estimate of drug-likeness (QED) is 0.533. The maximum absolute atomic E-state index is 2.32. The standard InChI is InChI=1S/C19H22N2.2ClH/c1-15-12-16(2)19(14-21-10-6-7-11-21)17(3)18(15)13-20-8-4-5-9-20;;/h4-12H,13-14H2,1-3H3;2*1H/p-2. The van der Waals surface area contributed by atoms with Gasteiger partial charge in [0.05, 0.1) is 0 Å². The van der Waals surface area contributed by atoms with Crippen LogP contribution in [0.2, 0.25) is 0 Å². The van der Waals surface area contributed by atoms with Gasteiger partial charge in [-0.25, -0.2) is 0 Å². The number of rotatable bonds is 4. The van der Waals surface area contributed by atoms with E-state index in [0.717, 1.165) is 13.1 Å². The molecular formula is C19H22Cl2N2-2. The molecule has 0 aliphatic heterocycles. The third-order valence-electron chi connectivity index (χ3n) is 4.30. The number of hydrogen-bond acceptors (Lipinski definition) is 0. The second-order valence-corrected chi connectivity index (χ2v) is 5.80. The molecule has 3 aromatic rings. The lowest BCUT2D eigenvalue weighted by molar-refractivity contribution is -0.00100.